The van der Waals surface area contributed by atoms with Crippen LogP contribution in [0.2, 0.25) is 0 Å². The van der Waals surface area contributed by atoms with Crippen LogP contribution in [0.1, 0.15) is 23.0 Å². The number of esters is 1. The molecule has 0 unspecified atom stereocenters. The summed E-state index contributed by atoms with van der Waals surface area (Å²) in [5.74, 6) is -3.93. The van der Waals surface area contributed by atoms with E-state index in [0.29, 0.717) is 39.4 Å². The first kappa shape index (κ1) is 27.6. The fourth-order valence-electron chi connectivity index (χ4n) is 3.86. The summed E-state index contributed by atoms with van der Waals surface area (Å²) in [7, 11) is 1.71. The predicted molar refractivity (Wildman–Crippen MR) is 147 cm³/mol. The van der Waals surface area contributed by atoms with Gasteiger partial charge in [-0.1, -0.05) is 42.1 Å². The highest BCUT2D eigenvalue weighted by Gasteiger charge is 2.24. The van der Waals surface area contributed by atoms with E-state index in [2.05, 4.69) is 10.6 Å². The summed E-state index contributed by atoms with van der Waals surface area (Å²) in [5.41, 5.74) is 2.00. The van der Waals surface area contributed by atoms with Crippen molar-refractivity contribution < 1.29 is 23.1 Å². The molecule has 0 aliphatic carbocycles. The number of amides is 1. The Morgan fingerprint density at radius 1 is 0.949 bits per heavy atom. The lowest BCUT2D eigenvalue weighted by Gasteiger charge is -2.15. The normalized spacial score (nSPS) is 11.7. The first-order chi connectivity index (χ1) is 18.7. The summed E-state index contributed by atoms with van der Waals surface area (Å²) >= 11 is 0.439. The Bertz CT molecular complexity index is 1540. The monoisotopic (exact) mass is 552 g/mol. The Kier molecular flexibility index (Phi) is 8.50. The molecule has 0 saturated carbocycles. The summed E-state index contributed by atoms with van der Waals surface area (Å²) in [4.78, 5) is 39.4. The van der Waals surface area contributed by atoms with E-state index in [1.54, 1.807) is 85.4 Å². The second-order valence-corrected chi connectivity index (χ2v) is 9.61. The van der Waals surface area contributed by atoms with Crippen LogP contribution in [0.4, 0.5) is 25.8 Å². The van der Waals surface area contributed by atoms with Crippen molar-refractivity contribution in [2.24, 2.45) is 7.05 Å². The molecule has 2 N–H and O–H groups in total. The van der Waals surface area contributed by atoms with Crippen molar-refractivity contribution in [3.05, 3.63) is 100 Å². The molecule has 1 aromatic heterocycles. The van der Waals surface area contributed by atoms with E-state index in [0.717, 1.165) is 0 Å². The zero-order valence-corrected chi connectivity index (χ0v) is 22.2. The van der Waals surface area contributed by atoms with Crippen LogP contribution in [0.25, 0.3) is 5.69 Å². The number of nitrogens with one attached hydrogen (secondary N) is 2. The molecule has 0 aliphatic rings. The van der Waals surface area contributed by atoms with Gasteiger partial charge in [-0.25, -0.2) is 9.48 Å². The SMILES string of the molecule is Cc1c(NC(=O)[C@@H](C)OC(=O)c2ccccc2Nc2ccc(SC(F)F)cc2)c(=O)n(-c2ccccc2)n1C. The fraction of sp³-hybridized carbons (Fsp3) is 0.179. The van der Waals surface area contributed by atoms with Gasteiger partial charge in [0.15, 0.2) is 6.10 Å². The topological polar surface area (TPSA) is 94.4 Å². The lowest BCUT2D eigenvalue weighted by molar-refractivity contribution is -0.123. The van der Waals surface area contributed by atoms with Crippen LogP contribution in [0.3, 0.4) is 0 Å². The largest absolute Gasteiger partial charge is 0.449 e. The third-order valence-electron chi connectivity index (χ3n) is 5.96. The van der Waals surface area contributed by atoms with Gasteiger partial charge in [0.1, 0.15) is 5.69 Å². The maximum Gasteiger partial charge on any atom is 0.341 e. The molecule has 1 heterocycles. The van der Waals surface area contributed by atoms with Crippen LogP contribution in [-0.2, 0) is 16.6 Å². The summed E-state index contributed by atoms with van der Waals surface area (Å²) < 4.78 is 33.6. The summed E-state index contributed by atoms with van der Waals surface area (Å²) in [6.45, 7) is 3.12. The molecule has 202 valence electrons. The molecule has 0 bridgehead atoms. The van der Waals surface area contributed by atoms with Gasteiger partial charge in [-0.2, -0.15) is 8.78 Å². The van der Waals surface area contributed by atoms with E-state index < -0.39 is 29.3 Å². The molecular formula is C28H26F2N4O4S. The third kappa shape index (κ3) is 6.37. The van der Waals surface area contributed by atoms with Crippen LogP contribution in [0.15, 0.2) is 88.6 Å². The number of alkyl halides is 2. The van der Waals surface area contributed by atoms with E-state index in [4.69, 9.17) is 4.74 Å². The molecule has 4 rings (SSSR count). The number of para-hydroxylation sites is 2. The highest BCUT2D eigenvalue weighted by atomic mass is 32.2. The van der Waals surface area contributed by atoms with E-state index >= 15 is 0 Å². The minimum absolute atomic E-state index is 0.0878. The molecule has 0 fully saturated rings. The summed E-state index contributed by atoms with van der Waals surface area (Å²) in [6.07, 6.45) is -1.21. The van der Waals surface area contributed by atoms with E-state index in [-0.39, 0.29) is 11.3 Å². The number of anilines is 3. The van der Waals surface area contributed by atoms with Crippen LogP contribution >= 0.6 is 11.8 Å². The molecule has 8 nitrogen and oxygen atoms in total. The number of hydrogen-bond acceptors (Lipinski definition) is 6. The first-order valence-corrected chi connectivity index (χ1v) is 12.8. The van der Waals surface area contributed by atoms with Gasteiger partial charge in [-0.05, 0) is 62.4 Å². The van der Waals surface area contributed by atoms with Crippen molar-refractivity contribution >= 4 is 40.7 Å². The van der Waals surface area contributed by atoms with Crippen molar-refractivity contribution in [3.63, 3.8) is 0 Å². The fourth-order valence-corrected chi connectivity index (χ4v) is 4.36. The highest BCUT2D eigenvalue weighted by Crippen LogP contribution is 2.28. The molecule has 0 spiro atoms. The number of halogens is 2. The number of nitrogens with zero attached hydrogens (tertiary/aromatic N) is 2. The Balaban J connectivity index is 1.46. The van der Waals surface area contributed by atoms with Gasteiger partial charge in [0.2, 0.25) is 0 Å². The lowest BCUT2D eigenvalue weighted by atomic mass is 10.1. The van der Waals surface area contributed by atoms with Gasteiger partial charge < -0.3 is 15.4 Å². The smallest absolute Gasteiger partial charge is 0.341 e. The van der Waals surface area contributed by atoms with E-state index in [1.807, 2.05) is 6.07 Å². The number of thioether (sulfide) groups is 1. The van der Waals surface area contributed by atoms with Gasteiger partial charge in [-0.15, -0.1) is 0 Å². The second-order valence-electron chi connectivity index (χ2n) is 8.55. The number of hydrogen-bond donors (Lipinski definition) is 2. The van der Waals surface area contributed by atoms with Crippen LogP contribution < -0.4 is 16.2 Å². The molecule has 4 aromatic rings. The van der Waals surface area contributed by atoms with Gasteiger partial charge in [0, 0.05) is 17.6 Å². The number of benzene rings is 3. The van der Waals surface area contributed by atoms with Crippen LogP contribution in [0.5, 0.6) is 0 Å². The molecule has 1 atom stereocenters. The molecule has 0 radical (unpaired) electrons. The van der Waals surface area contributed by atoms with Crippen molar-refractivity contribution in [1.82, 2.24) is 9.36 Å². The van der Waals surface area contributed by atoms with Gasteiger partial charge in [0.05, 0.1) is 22.6 Å². The van der Waals surface area contributed by atoms with Crippen molar-refractivity contribution in [2.75, 3.05) is 10.6 Å². The van der Waals surface area contributed by atoms with Crippen molar-refractivity contribution in [3.8, 4) is 5.69 Å². The molecule has 39 heavy (non-hydrogen) atoms. The van der Waals surface area contributed by atoms with Gasteiger partial charge in [0.25, 0.3) is 17.2 Å². The molecule has 11 heteroatoms. The summed E-state index contributed by atoms with van der Waals surface area (Å²) in [6, 6.07) is 21.9. The average Bonchev–Trinajstić information content (AvgIpc) is 3.13. The van der Waals surface area contributed by atoms with Crippen molar-refractivity contribution in [1.29, 1.82) is 0 Å². The maximum absolute atomic E-state index is 13.1. The number of ether oxygens (including phenoxy) is 1. The standard InChI is InChI=1S/C28H26F2N4O4S/c1-17-24(26(36)34(33(17)3)20-9-5-4-6-10-20)32-25(35)18(2)38-27(37)22-11-7-8-12-23(22)31-19-13-15-21(16-14-19)39-28(29)30/h4-16,18,28,31H,1-3H3,(H,32,35)/t18-/m1/s1. The highest BCUT2D eigenvalue weighted by molar-refractivity contribution is 7.99. The molecule has 0 aliphatic heterocycles. The Hall–Kier alpha value is -4.38. The van der Waals surface area contributed by atoms with E-state index in [1.165, 1.54) is 17.7 Å². The Morgan fingerprint density at radius 3 is 2.26 bits per heavy atom. The predicted octanol–water partition coefficient (Wildman–Crippen LogP) is 5.73. The number of carbonyl (C=O) groups is 2. The Morgan fingerprint density at radius 2 is 1.59 bits per heavy atom. The minimum atomic E-state index is -2.52. The zero-order chi connectivity index (χ0) is 28.1. The van der Waals surface area contributed by atoms with Gasteiger partial charge >= 0.3 is 5.97 Å². The number of rotatable bonds is 9. The molecule has 1 amide bonds. The quantitative estimate of drug-likeness (QED) is 0.204. The third-order valence-corrected chi connectivity index (χ3v) is 6.68. The van der Waals surface area contributed by atoms with E-state index in [9.17, 15) is 23.2 Å². The summed E-state index contributed by atoms with van der Waals surface area (Å²) in [5, 5.41) is 5.67. The second kappa shape index (κ2) is 12.0. The molecular weight excluding hydrogens is 526 g/mol. The van der Waals surface area contributed by atoms with Crippen LogP contribution in [-0.4, -0.2) is 33.1 Å². The minimum Gasteiger partial charge on any atom is -0.449 e. The molecule has 3 aromatic carbocycles. The molecule has 0 saturated heterocycles. The zero-order valence-electron chi connectivity index (χ0n) is 21.4. The number of aromatic nitrogens is 2. The first-order valence-electron chi connectivity index (χ1n) is 11.9. The van der Waals surface area contributed by atoms with Crippen molar-refractivity contribution in [2.45, 2.75) is 30.6 Å². The van der Waals surface area contributed by atoms with Crippen LogP contribution in [0, 0.1) is 6.92 Å². The average molecular weight is 553 g/mol. The number of carbonyl (C=O) groups excluding carboxylic acids is 2. The van der Waals surface area contributed by atoms with Gasteiger partial charge in [-0.3, -0.25) is 14.3 Å². The maximum atomic E-state index is 13.1. The lowest BCUT2D eigenvalue weighted by Crippen LogP contribution is -2.32. The Labute approximate surface area is 227 Å².